The van der Waals surface area contributed by atoms with Gasteiger partial charge in [0, 0.05) is 32.4 Å². The van der Waals surface area contributed by atoms with E-state index in [1.807, 2.05) is 36.5 Å². The van der Waals surface area contributed by atoms with Crippen molar-refractivity contribution in [1.29, 1.82) is 0 Å². The predicted molar refractivity (Wildman–Crippen MR) is 162 cm³/mol. The van der Waals surface area contributed by atoms with Gasteiger partial charge in [-0.05, 0) is 36.4 Å². The quantitative estimate of drug-likeness (QED) is 0.226. The first-order valence-corrected chi connectivity index (χ1v) is 13.8. The van der Waals surface area contributed by atoms with Gasteiger partial charge in [0.25, 0.3) is 0 Å². The Bertz CT molecular complexity index is 2130. The van der Waals surface area contributed by atoms with Crippen LogP contribution >= 0.6 is 11.3 Å². The van der Waals surface area contributed by atoms with Crippen molar-refractivity contribution in [3.05, 3.63) is 115 Å². The second kappa shape index (κ2) is 7.85. The summed E-state index contributed by atoms with van der Waals surface area (Å²) < 4.78 is 15.8. The van der Waals surface area contributed by atoms with Crippen LogP contribution in [0.15, 0.2) is 124 Å². The van der Waals surface area contributed by atoms with Gasteiger partial charge in [-0.15, -0.1) is 11.3 Å². The van der Waals surface area contributed by atoms with Gasteiger partial charge in [0.1, 0.15) is 22.5 Å². The lowest BCUT2D eigenvalue weighted by Gasteiger charge is -2.30. The van der Waals surface area contributed by atoms with E-state index in [-0.39, 0.29) is 6.71 Å². The van der Waals surface area contributed by atoms with Crippen molar-refractivity contribution in [2.45, 2.75) is 0 Å². The number of para-hydroxylation sites is 2. The van der Waals surface area contributed by atoms with Crippen molar-refractivity contribution in [3.63, 3.8) is 0 Å². The minimum Gasteiger partial charge on any atom is -0.468 e. The molecule has 0 amide bonds. The SMILES string of the molecule is c1ccc(B2c3oc4ccccc4c3N(c3nccc4c3sc3ccccc34)c3c2oc2ccccc32)cc1. The highest BCUT2D eigenvalue weighted by molar-refractivity contribution is 7.26. The number of thiophene rings is 1. The summed E-state index contributed by atoms with van der Waals surface area (Å²) >= 11 is 1.78. The molecule has 0 N–H and O–H groups in total. The molecule has 8 aromatic rings. The minimum absolute atomic E-state index is 0.186. The highest BCUT2D eigenvalue weighted by atomic mass is 32.1. The van der Waals surface area contributed by atoms with Gasteiger partial charge in [0.05, 0.1) is 16.1 Å². The van der Waals surface area contributed by atoms with Crippen LogP contribution in [0.5, 0.6) is 0 Å². The van der Waals surface area contributed by atoms with E-state index in [1.165, 1.54) is 15.5 Å². The molecule has 0 radical (unpaired) electrons. The zero-order valence-electron chi connectivity index (χ0n) is 20.7. The summed E-state index contributed by atoms with van der Waals surface area (Å²) in [6.45, 7) is -0.186. The fourth-order valence-corrected chi connectivity index (χ4v) is 7.32. The molecule has 0 unspecified atom stereocenters. The average molecular weight is 518 g/mol. The summed E-state index contributed by atoms with van der Waals surface area (Å²) in [5, 5.41) is 4.57. The largest absolute Gasteiger partial charge is 0.468 e. The second-order valence-corrected chi connectivity index (χ2v) is 11.0. The maximum atomic E-state index is 6.71. The topological polar surface area (TPSA) is 42.4 Å². The number of hydrogen-bond donors (Lipinski definition) is 0. The van der Waals surface area contributed by atoms with E-state index in [1.54, 1.807) is 11.3 Å². The molecule has 0 spiro atoms. The summed E-state index contributed by atoms with van der Waals surface area (Å²) in [6.07, 6.45) is 1.92. The standard InChI is InChI=1S/C33H19BN2O2S/c1-2-10-20(11-3-1)34-31-28(23-13-4-7-15-25(23)37-31)36(29-24-14-5-8-16-26(24)38-32(29)34)33-30-22(18-19-35-33)21-12-6-9-17-27(21)39-30/h1-19H. The summed E-state index contributed by atoms with van der Waals surface area (Å²) in [5.41, 5.74) is 6.62. The van der Waals surface area contributed by atoms with Crippen LogP contribution in [-0.4, -0.2) is 11.7 Å². The van der Waals surface area contributed by atoms with Gasteiger partial charge in [0.2, 0.25) is 0 Å². The number of benzene rings is 4. The molecule has 4 aromatic heterocycles. The van der Waals surface area contributed by atoms with E-state index in [2.05, 4.69) is 83.8 Å². The van der Waals surface area contributed by atoms with E-state index >= 15 is 0 Å². The summed E-state index contributed by atoms with van der Waals surface area (Å²) in [7, 11) is 0. The van der Waals surface area contributed by atoms with Crippen LogP contribution in [0.3, 0.4) is 0 Å². The molecule has 4 aromatic carbocycles. The first-order chi connectivity index (χ1) is 19.4. The molecular weight excluding hydrogens is 499 g/mol. The lowest BCUT2D eigenvalue weighted by atomic mass is 9.39. The van der Waals surface area contributed by atoms with E-state index in [0.717, 1.165) is 60.6 Å². The third kappa shape index (κ3) is 2.86. The Morgan fingerprint density at radius 3 is 1.87 bits per heavy atom. The lowest BCUT2D eigenvalue weighted by molar-refractivity contribution is 0.636. The number of nitrogens with zero attached hydrogens (tertiary/aromatic N) is 2. The van der Waals surface area contributed by atoms with Crippen LogP contribution in [0, 0.1) is 0 Å². The number of furan rings is 2. The number of rotatable bonds is 2. The molecule has 0 bridgehead atoms. The van der Waals surface area contributed by atoms with E-state index in [0.29, 0.717) is 0 Å². The molecule has 1 aliphatic rings. The molecule has 4 nitrogen and oxygen atoms in total. The van der Waals surface area contributed by atoms with Gasteiger partial charge >= 0.3 is 6.71 Å². The van der Waals surface area contributed by atoms with Crippen molar-refractivity contribution in [2.24, 2.45) is 0 Å². The van der Waals surface area contributed by atoms with Crippen LogP contribution in [0.4, 0.5) is 17.2 Å². The molecule has 182 valence electrons. The third-order valence-corrected chi connectivity index (χ3v) is 8.96. The average Bonchev–Trinajstić information content (AvgIpc) is 3.68. The maximum absolute atomic E-state index is 6.71. The van der Waals surface area contributed by atoms with Crippen LogP contribution < -0.4 is 21.7 Å². The molecule has 0 aliphatic carbocycles. The number of anilines is 3. The molecule has 0 fully saturated rings. The zero-order valence-corrected chi connectivity index (χ0v) is 21.5. The Labute approximate surface area is 227 Å². The molecule has 1 aliphatic heterocycles. The molecule has 39 heavy (non-hydrogen) atoms. The molecule has 6 heteroatoms. The van der Waals surface area contributed by atoms with E-state index in [4.69, 9.17) is 13.8 Å². The zero-order chi connectivity index (χ0) is 25.5. The highest BCUT2D eigenvalue weighted by Crippen LogP contribution is 2.48. The number of fused-ring (bicyclic) bond motifs is 9. The van der Waals surface area contributed by atoms with Gasteiger partial charge in [-0.25, -0.2) is 4.98 Å². The normalized spacial score (nSPS) is 13.0. The van der Waals surface area contributed by atoms with Crippen LogP contribution in [0.25, 0.3) is 42.1 Å². The molecule has 5 heterocycles. The first kappa shape index (κ1) is 21.2. The Morgan fingerprint density at radius 1 is 0.590 bits per heavy atom. The fourth-order valence-electron chi connectivity index (χ4n) is 6.14. The number of pyridine rings is 1. The summed E-state index contributed by atoms with van der Waals surface area (Å²) in [6, 6.07) is 37.8. The second-order valence-electron chi connectivity index (χ2n) is 9.91. The molecular formula is C33H19BN2O2S. The van der Waals surface area contributed by atoms with Gasteiger partial charge in [0.15, 0.2) is 5.82 Å². The van der Waals surface area contributed by atoms with E-state index in [9.17, 15) is 0 Å². The monoisotopic (exact) mass is 518 g/mol. The minimum atomic E-state index is -0.186. The maximum Gasteiger partial charge on any atom is 0.338 e. The van der Waals surface area contributed by atoms with Gasteiger partial charge < -0.3 is 8.83 Å². The molecule has 0 atom stereocenters. The van der Waals surface area contributed by atoms with Crippen LogP contribution in [0.1, 0.15) is 0 Å². The summed E-state index contributed by atoms with van der Waals surface area (Å²) in [4.78, 5) is 7.34. The molecule has 9 rings (SSSR count). The molecule has 0 saturated heterocycles. The van der Waals surface area contributed by atoms with Crippen molar-refractivity contribution in [2.75, 3.05) is 4.90 Å². The van der Waals surface area contributed by atoms with Crippen molar-refractivity contribution < 1.29 is 8.83 Å². The third-order valence-electron chi connectivity index (χ3n) is 7.78. The lowest BCUT2D eigenvalue weighted by Crippen LogP contribution is -2.56. The van der Waals surface area contributed by atoms with Gasteiger partial charge in [-0.3, -0.25) is 4.90 Å². The predicted octanol–water partition coefficient (Wildman–Crippen LogP) is 7.24. The Balaban J connectivity index is 1.46. The van der Waals surface area contributed by atoms with Crippen molar-refractivity contribution in [3.8, 4) is 0 Å². The van der Waals surface area contributed by atoms with E-state index < -0.39 is 0 Å². The van der Waals surface area contributed by atoms with Crippen molar-refractivity contribution in [1.82, 2.24) is 4.98 Å². The smallest absolute Gasteiger partial charge is 0.338 e. The Hall–Kier alpha value is -4.81. The highest BCUT2D eigenvalue weighted by Gasteiger charge is 2.44. The van der Waals surface area contributed by atoms with Crippen LogP contribution in [-0.2, 0) is 0 Å². The Kier molecular flexibility index (Phi) is 4.26. The van der Waals surface area contributed by atoms with Crippen LogP contribution in [0.2, 0.25) is 0 Å². The van der Waals surface area contributed by atoms with Gasteiger partial charge in [-0.2, -0.15) is 0 Å². The number of hydrogen-bond acceptors (Lipinski definition) is 5. The molecule has 0 saturated carbocycles. The Morgan fingerprint density at radius 2 is 1.18 bits per heavy atom. The summed E-state index contributed by atoms with van der Waals surface area (Å²) in [5.74, 6) is 0.890. The number of aromatic nitrogens is 1. The van der Waals surface area contributed by atoms with Crippen molar-refractivity contribution >= 4 is 94.1 Å². The van der Waals surface area contributed by atoms with Gasteiger partial charge in [-0.1, -0.05) is 78.3 Å². The first-order valence-electron chi connectivity index (χ1n) is 13.0. The fraction of sp³-hybridized carbons (Fsp3) is 0.